The highest BCUT2D eigenvalue weighted by Crippen LogP contribution is 2.23. The second-order valence-corrected chi connectivity index (χ2v) is 5.43. The molecule has 1 N–H and O–H groups in total. The van der Waals surface area contributed by atoms with Crippen LogP contribution < -0.4 is 5.32 Å². The van der Waals surface area contributed by atoms with Gasteiger partial charge in [-0.25, -0.2) is 8.78 Å². The summed E-state index contributed by atoms with van der Waals surface area (Å²) in [4.78, 5) is 1.18. The van der Waals surface area contributed by atoms with Crippen LogP contribution >= 0.6 is 11.8 Å². The van der Waals surface area contributed by atoms with E-state index in [2.05, 4.69) is 5.32 Å². The third-order valence-corrected chi connectivity index (χ3v) is 4.04. The maximum absolute atomic E-state index is 13.7. The summed E-state index contributed by atoms with van der Waals surface area (Å²) < 4.78 is 26.9. The summed E-state index contributed by atoms with van der Waals surface area (Å²) in [5.41, 5.74) is 1.45. The van der Waals surface area contributed by atoms with Crippen LogP contribution in [0.4, 0.5) is 8.78 Å². The molecule has 0 bridgehead atoms. The van der Waals surface area contributed by atoms with Crippen molar-refractivity contribution < 1.29 is 8.78 Å². The quantitative estimate of drug-likeness (QED) is 0.830. The summed E-state index contributed by atoms with van der Waals surface area (Å²) >= 11 is 1.68. The third-order valence-electron chi connectivity index (χ3n) is 3.30. The molecule has 0 amide bonds. The van der Waals surface area contributed by atoms with Crippen molar-refractivity contribution in [3.63, 3.8) is 0 Å². The van der Waals surface area contributed by atoms with Gasteiger partial charge in [-0.05, 0) is 61.2 Å². The summed E-state index contributed by atoms with van der Waals surface area (Å²) in [5.74, 6) is -0.777. The maximum atomic E-state index is 13.7. The van der Waals surface area contributed by atoms with Crippen LogP contribution in [0, 0.1) is 11.6 Å². The lowest BCUT2D eigenvalue weighted by Crippen LogP contribution is -2.19. The normalized spacial score (nSPS) is 12.4. The zero-order valence-electron chi connectivity index (χ0n) is 11.5. The summed E-state index contributed by atoms with van der Waals surface area (Å²) in [6.07, 6.45) is 2.44. The molecule has 0 saturated carbocycles. The summed E-state index contributed by atoms with van der Waals surface area (Å²) in [7, 11) is 1.82. The highest BCUT2D eigenvalue weighted by molar-refractivity contribution is 7.98. The Hall–Kier alpha value is -1.39. The van der Waals surface area contributed by atoms with E-state index in [1.54, 1.807) is 11.8 Å². The van der Waals surface area contributed by atoms with E-state index in [1.165, 1.54) is 17.0 Å². The van der Waals surface area contributed by atoms with Crippen LogP contribution in [-0.4, -0.2) is 13.3 Å². The number of benzene rings is 2. The first-order valence-corrected chi connectivity index (χ1v) is 7.61. The predicted octanol–water partition coefficient (Wildman–Crippen LogP) is 4.19. The number of hydrogen-bond acceptors (Lipinski definition) is 2. The van der Waals surface area contributed by atoms with Gasteiger partial charge in [0.2, 0.25) is 0 Å². The predicted molar refractivity (Wildman–Crippen MR) is 80.1 cm³/mol. The van der Waals surface area contributed by atoms with Crippen molar-refractivity contribution in [3.05, 3.63) is 65.2 Å². The molecule has 0 aliphatic heterocycles. The lowest BCUT2D eigenvalue weighted by Gasteiger charge is -2.17. The molecule has 2 aromatic rings. The van der Waals surface area contributed by atoms with Crippen molar-refractivity contribution in [2.24, 2.45) is 0 Å². The molecule has 0 spiro atoms. The first kappa shape index (κ1) is 15.0. The molecule has 20 heavy (non-hydrogen) atoms. The molecule has 2 rings (SSSR count). The molecule has 1 unspecified atom stereocenters. The molecule has 4 heteroatoms. The van der Waals surface area contributed by atoms with Crippen molar-refractivity contribution in [1.82, 2.24) is 5.32 Å². The smallest absolute Gasteiger partial charge is 0.126 e. The van der Waals surface area contributed by atoms with Gasteiger partial charge in [0.15, 0.2) is 0 Å². The van der Waals surface area contributed by atoms with Crippen LogP contribution in [0.25, 0.3) is 0 Å². The Balaban J connectivity index is 2.21. The van der Waals surface area contributed by atoms with Crippen LogP contribution in [0.2, 0.25) is 0 Å². The highest BCUT2D eigenvalue weighted by atomic mass is 32.2. The standard InChI is InChI=1S/C16H17F2NS/c1-19-16(11-3-6-14(20-2)7-4-11)10-12-9-13(17)5-8-15(12)18/h3-9,16,19H,10H2,1-2H3. The molecule has 0 aromatic heterocycles. The first-order valence-electron chi connectivity index (χ1n) is 6.39. The Morgan fingerprint density at radius 1 is 1.10 bits per heavy atom. The van der Waals surface area contributed by atoms with E-state index in [-0.39, 0.29) is 11.9 Å². The van der Waals surface area contributed by atoms with Gasteiger partial charge in [0, 0.05) is 10.9 Å². The molecule has 0 aliphatic carbocycles. The molecule has 106 valence electrons. The monoisotopic (exact) mass is 293 g/mol. The van der Waals surface area contributed by atoms with E-state index < -0.39 is 5.82 Å². The van der Waals surface area contributed by atoms with E-state index in [9.17, 15) is 8.78 Å². The number of hydrogen-bond donors (Lipinski definition) is 1. The zero-order valence-corrected chi connectivity index (χ0v) is 12.3. The van der Waals surface area contributed by atoms with Crippen LogP contribution in [-0.2, 0) is 6.42 Å². The van der Waals surface area contributed by atoms with Crippen LogP contribution in [0.5, 0.6) is 0 Å². The van der Waals surface area contributed by atoms with Crippen molar-refractivity contribution in [2.45, 2.75) is 17.4 Å². The molecule has 1 atom stereocenters. The molecule has 0 radical (unpaired) electrons. The Kier molecular flexibility index (Phi) is 5.15. The van der Waals surface area contributed by atoms with Crippen molar-refractivity contribution >= 4 is 11.8 Å². The average Bonchev–Trinajstić information content (AvgIpc) is 2.48. The Bertz CT molecular complexity index is 569. The Labute approximate surface area is 122 Å². The minimum Gasteiger partial charge on any atom is -0.313 e. The van der Waals surface area contributed by atoms with Gasteiger partial charge >= 0.3 is 0 Å². The number of likely N-dealkylation sites (N-methyl/N-ethyl adjacent to an activating group) is 1. The molecule has 2 aromatic carbocycles. The largest absolute Gasteiger partial charge is 0.313 e. The molecule has 0 heterocycles. The molecular formula is C16H17F2NS. The van der Waals surface area contributed by atoms with Crippen molar-refractivity contribution in [2.75, 3.05) is 13.3 Å². The minimum absolute atomic E-state index is 0.0396. The van der Waals surface area contributed by atoms with Crippen LogP contribution in [0.3, 0.4) is 0 Å². The highest BCUT2D eigenvalue weighted by Gasteiger charge is 2.13. The molecular weight excluding hydrogens is 276 g/mol. The number of rotatable bonds is 5. The third kappa shape index (κ3) is 3.58. The van der Waals surface area contributed by atoms with Gasteiger partial charge in [0.25, 0.3) is 0 Å². The van der Waals surface area contributed by atoms with Crippen molar-refractivity contribution in [3.8, 4) is 0 Å². The molecule has 1 nitrogen and oxygen atoms in total. The van der Waals surface area contributed by atoms with Gasteiger partial charge in [0.1, 0.15) is 11.6 Å². The molecule has 0 aliphatic rings. The van der Waals surface area contributed by atoms with Gasteiger partial charge in [-0.3, -0.25) is 0 Å². The van der Waals surface area contributed by atoms with Crippen LogP contribution in [0.15, 0.2) is 47.4 Å². The van der Waals surface area contributed by atoms with E-state index in [4.69, 9.17) is 0 Å². The van der Waals surface area contributed by atoms with Gasteiger partial charge in [-0.1, -0.05) is 12.1 Å². The first-order chi connectivity index (χ1) is 9.63. The number of nitrogens with one attached hydrogen (secondary N) is 1. The second kappa shape index (κ2) is 6.86. The fourth-order valence-corrected chi connectivity index (χ4v) is 2.55. The summed E-state index contributed by atoms with van der Waals surface area (Å²) in [6, 6.07) is 11.6. The number of thioether (sulfide) groups is 1. The van der Waals surface area contributed by atoms with Gasteiger partial charge in [-0.15, -0.1) is 11.8 Å². The summed E-state index contributed by atoms with van der Waals surface area (Å²) in [6.45, 7) is 0. The number of halogens is 2. The van der Waals surface area contributed by atoms with E-state index in [1.807, 2.05) is 37.6 Å². The lowest BCUT2D eigenvalue weighted by molar-refractivity contribution is 0.544. The van der Waals surface area contributed by atoms with Gasteiger partial charge < -0.3 is 5.32 Å². The maximum Gasteiger partial charge on any atom is 0.126 e. The lowest BCUT2D eigenvalue weighted by atomic mass is 9.98. The zero-order chi connectivity index (χ0) is 14.5. The molecule has 0 fully saturated rings. The average molecular weight is 293 g/mol. The molecule has 0 saturated heterocycles. The Morgan fingerprint density at radius 2 is 1.80 bits per heavy atom. The summed E-state index contributed by atoms with van der Waals surface area (Å²) in [5, 5.41) is 3.16. The van der Waals surface area contributed by atoms with Crippen LogP contribution in [0.1, 0.15) is 17.2 Å². The van der Waals surface area contributed by atoms with E-state index in [0.29, 0.717) is 12.0 Å². The SMILES string of the molecule is CNC(Cc1cc(F)ccc1F)c1ccc(SC)cc1. The van der Waals surface area contributed by atoms with E-state index in [0.717, 1.165) is 11.6 Å². The topological polar surface area (TPSA) is 12.0 Å². The van der Waals surface area contributed by atoms with Crippen molar-refractivity contribution in [1.29, 1.82) is 0 Å². The second-order valence-electron chi connectivity index (χ2n) is 4.55. The fraction of sp³-hybridized carbons (Fsp3) is 0.250. The van der Waals surface area contributed by atoms with Gasteiger partial charge in [-0.2, -0.15) is 0 Å². The minimum atomic E-state index is -0.408. The van der Waals surface area contributed by atoms with E-state index >= 15 is 0 Å². The van der Waals surface area contributed by atoms with Gasteiger partial charge in [0.05, 0.1) is 0 Å². The Morgan fingerprint density at radius 3 is 2.40 bits per heavy atom. The fourth-order valence-electron chi connectivity index (χ4n) is 2.14.